The van der Waals surface area contributed by atoms with Crippen LogP contribution in [0.2, 0.25) is 0 Å². The Morgan fingerprint density at radius 1 is 1.35 bits per heavy atom. The molecule has 0 bridgehead atoms. The average Bonchev–Trinajstić information content (AvgIpc) is 2.40. The second-order valence-electron chi connectivity index (χ2n) is 4.75. The van der Waals surface area contributed by atoms with Gasteiger partial charge in [0.05, 0.1) is 0 Å². The molecule has 1 atom stereocenters. The number of rotatable bonds is 6. The molecule has 0 saturated heterocycles. The number of aryl methyl sites for hydroxylation is 1. The van der Waals surface area contributed by atoms with Crippen molar-refractivity contribution in [3.05, 3.63) is 29.3 Å². The van der Waals surface area contributed by atoms with Crippen molar-refractivity contribution in [1.29, 1.82) is 0 Å². The molecule has 1 N–H and O–H groups in total. The molecule has 20 heavy (non-hydrogen) atoms. The van der Waals surface area contributed by atoms with E-state index in [0.29, 0.717) is 12.2 Å². The fourth-order valence-electron chi connectivity index (χ4n) is 1.91. The van der Waals surface area contributed by atoms with Crippen molar-refractivity contribution in [3.63, 3.8) is 0 Å². The second-order valence-corrected chi connectivity index (χ2v) is 4.75. The summed E-state index contributed by atoms with van der Waals surface area (Å²) in [4.78, 5) is 24.2. The lowest BCUT2D eigenvalue weighted by atomic mass is 10.1. The van der Waals surface area contributed by atoms with Gasteiger partial charge in [-0.15, -0.1) is 0 Å². The van der Waals surface area contributed by atoms with Gasteiger partial charge in [-0.3, -0.25) is 4.79 Å². The molecule has 0 aliphatic carbocycles. The lowest BCUT2D eigenvalue weighted by molar-refractivity contribution is -0.149. The molecule has 5 nitrogen and oxygen atoms in total. The number of carboxylic acid groups (broad SMARTS) is 1. The molecule has 1 rings (SSSR count). The third-order valence-electron chi connectivity index (χ3n) is 3.44. The highest BCUT2D eigenvalue weighted by molar-refractivity contribution is 5.84. The van der Waals surface area contributed by atoms with E-state index in [0.717, 1.165) is 11.1 Å². The van der Waals surface area contributed by atoms with E-state index in [1.54, 1.807) is 13.0 Å². The van der Waals surface area contributed by atoms with Crippen molar-refractivity contribution < 1.29 is 19.4 Å². The summed E-state index contributed by atoms with van der Waals surface area (Å²) in [5.41, 5.74) is 2.06. The van der Waals surface area contributed by atoms with E-state index in [-0.39, 0.29) is 12.5 Å². The van der Waals surface area contributed by atoms with E-state index in [1.807, 2.05) is 26.0 Å². The van der Waals surface area contributed by atoms with Crippen LogP contribution < -0.4 is 4.74 Å². The molecule has 0 fully saturated rings. The zero-order valence-electron chi connectivity index (χ0n) is 12.3. The highest BCUT2D eigenvalue weighted by atomic mass is 16.5. The summed E-state index contributed by atoms with van der Waals surface area (Å²) < 4.78 is 5.49. The van der Waals surface area contributed by atoms with Crippen LogP contribution in [-0.2, 0) is 9.59 Å². The van der Waals surface area contributed by atoms with Crippen molar-refractivity contribution in [3.8, 4) is 5.75 Å². The molecule has 5 heteroatoms. The Bertz CT molecular complexity index is 499. The van der Waals surface area contributed by atoms with E-state index in [9.17, 15) is 9.59 Å². The van der Waals surface area contributed by atoms with Crippen LogP contribution in [0.1, 0.15) is 24.5 Å². The minimum Gasteiger partial charge on any atom is -0.483 e. The number of amides is 1. The minimum absolute atomic E-state index is 0.162. The summed E-state index contributed by atoms with van der Waals surface area (Å²) in [6.07, 6.45) is 0.362. The van der Waals surface area contributed by atoms with Crippen LogP contribution in [0, 0.1) is 13.8 Å². The van der Waals surface area contributed by atoms with Crippen molar-refractivity contribution in [2.45, 2.75) is 33.2 Å². The Labute approximate surface area is 119 Å². The highest BCUT2D eigenvalue weighted by Crippen LogP contribution is 2.20. The molecule has 0 aliphatic rings. The first-order chi connectivity index (χ1) is 9.38. The summed E-state index contributed by atoms with van der Waals surface area (Å²) in [7, 11) is 1.48. The van der Waals surface area contributed by atoms with Gasteiger partial charge in [0.1, 0.15) is 11.8 Å². The quantitative estimate of drug-likeness (QED) is 0.865. The van der Waals surface area contributed by atoms with Crippen molar-refractivity contribution in [2.24, 2.45) is 0 Å². The average molecular weight is 279 g/mol. The van der Waals surface area contributed by atoms with Crippen molar-refractivity contribution in [2.75, 3.05) is 13.7 Å². The maximum Gasteiger partial charge on any atom is 0.326 e. The topological polar surface area (TPSA) is 66.8 Å². The first-order valence-corrected chi connectivity index (χ1v) is 6.56. The van der Waals surface area contributed by atoms with Gasteiger partial charge in [-0.25, -0.2) is 4.79 Å². The number of likely N-dealkylation sites (N-methyl/N-ethyl adjacent to an activating group) is 1. The Morgan fingerprint density at radius 2 is 2.00 bits per heavy atom. The van der Waals surface area contributed by atoms with Crippen LogP contribution in [0.15, 0.2) is 18.2 Å². The van der Waals surface area contributed by atoms with E-state index in [4.69, 9.17) is 9.84 Å². The van der Waals surface area contributed by atoms with Crippen LogP contribution >= 0.6 is 0 Å². The Kier molecular flexibility index (Phi) is 5.55. The first-order valence-electron chi connectivity index (χ1n) is 6.56. The molecule has 0 aromatic heterocycles. The molecule has 0 aliphatic heterocycles. The van der Waals surface area contributed by atoms with Gasteiger partial charge in [0.2, 0.25) is 0 Å². The fourth-order valence-corrected chi connectivity index (χ4v) is 1.91. The predicted molar refractivity (Wildman–Crippen MR) is 75.9 cm³/mol. The van der Waals surface area contributed by atoms with Crippen LogP contribution in [0.25, 0.3) is 0 Å². The molecular weight excluding hydrogens is 258 g/mol. The number of benzene rings is 1. The highest BCUT2D eigenvalue weighted by Gasteiger charge is 2.24. The predicted octanol–water partition coefficient (Wildman–Crippen LogP) is 2.00. The van der Waals surface area contributed by atoms with Gasteiger partial charge in [0.15, 0.2) is 6.61 Å². The molecule has 1 aromatic carbocycles. The minimum atomic E-state index is -1.00. The normalized spacial score (nSPS) is 11.8. The third kappa shape index (κ3) is 3.73. The third-order valence-corrected chi connectivity index (χ3v) is 3.44. The Morgan fingerprint density at radius 3 is 2.55 bits per heavy atom. The van der Waals surface area contributed by atoms with Gasteiger partial charge in [0.25, 0.3) is 5.91 Å². The van der Waals surface area contributed by atoms with E-state index < -0.39 is 12.0 Å². The zero-order chi connectivity index (χ0) is 15.3. The zero-order valence-corrected chi connectivity index (χ0v) is 12.3. The summed E-state index contributed by atoms with van der Waals surface area (Å²) in [5, 5.41) is 9.02. The van der Waals surface area contributed by atoms with Crippen LogP contribution in [0.3, 0.4) is 0 Å². The fraction of sp³-hybridized carbons (Fsp3) is 0.467. The number of carbonyl (C=O) groups is 2. The smallest absolute Gasteiger partial charge is 0.326 e. The monoisotopic (exact) mass is 279 g/mol. The molecule has 1 amide bonds. The molecule has 110 valence electrons. The largest absolute Gasteiger partial charge is 0.483 e. The summed E-state index contributed by atoms with van der Waals surface area (Å²) in [5.74, 6) is -0.703. The van der Waals surface area contributed by atoms with Crippen LogP contribution in [-0.4, -0.2) is 41.6 Å². The Balaban J connectivity index is 2.67. The first kappa shape index (κ1) is 16.0. The van der Waals surface area contributed by atoms with Gasteiger partial charge >= 0.3 is 5.97 Å². The summed E-state index contributed by atoms with van der Waals surface area (Å²) >= 11 is 0. The van der Waals surface area contributed by atoms with Crippen molar-refractivity contribution >= 4 is 11.9 Å². The van der Waals surface area contributed by atoms with Crippen LogP contribution in [0.5, 0.6) is 5.75 Å². The number of aliphatic carboxylic acids is 1. The van der Waals surface area contributed by atoms with Gasteiger partial charge < -0.3 is 14.7 Å². The molecule has 1 aromatic rings. The number of hydrogen-bond donors (Lipinski definition) is 1. The second kappa shape index (κ2) is 6.93. The van der Waals surface area contributed by atoms with Crippen molar-refractivity contribution in [1.82, 2.24) is 4.90 Å². The van der Waals surface area contributed by atoms with Gasteiger partial charge in [-0.1, -0.05) is 19.1 Å². The molecule has 0 saturated carbocycles. The number of nitrogens with zero attached hydrogens (tertiary/aromatic N) is 1. The van der Waals surface area contributed by atoms with Gasteiger partial charge in [0, 0.05) is 7.05 Å². The van der Waals surface area contributed by atoms with E-state index in [2.05, 4.69) is 0 Å². The summed E-state index contributed by atoms with van der Waals surface area (Å²) in [6.45, 7) is 5.46. The molecule has 0 spiro atoms. The SMILES string of the molecule is CCC(C(=O)O)N(C)C(=O)COc1cccc(C)c1C. The number of hydrogen-bond acceptors (Lipinski definition) is 3. The van der Waals surface area contributed by atoms with Gasteiger partial charge in [-0.05, 0) is 37.5 Å². The lowest BCUT2D eigenvalue weighted by Gasteiger charge is -2.24. The number of carbonyl (C=O) groups excluding carboxylic acids is 1. The van der Waals surface area contributed by atoms with Gasteiger partial charge in [-0.2, -0.15) is 0 Å². The standard InChI is InChI=1S/C15H21NO4/c1-5-12(15(18)19)16(4)14(17)9-20-13-8-6-7-10(2)11(13)3/h6-8,12H,5,9H2,1-4H3,(H,18,19). The molecule has 1 unspecified atom stereocenters. The Hall–Kier alpha value is -2.04. The molecule has 0 radical (unpaired) electrons. The number of ether oxygens (including phenoxy) is 1. The maximum atomic E-state index is 12.0. The molecular formula is C15H21NO4. The van der Waals surface area contributed by atoms with E-state index in [1.165, 1.54) is 11.9 Å². The summed E-state index contributed by atoms with van der Waals surface area (Å²) in [6, 6.07) is 4.81. The molecule has 0 heterocycles. The maximum absolute atomic E-state index is 12.0. The van der Waals surface area contributed by atoms with Crippen LogP contribution in [0.4, 0.5) is 0 Å². The number of carboxylic acids is 1. The van der Waals surface area contributed by atoms with E-state index >= 15 is 0 Å². The lowest BCUT2D eigenvalue weighted by Crippen LogP contribution is -2.44.